The zero-order chi connectivity index (χ0) is 19.3. The topological polar surface area (TPSA) is 64.2 Å². The Bertz CT molecular complexity index is 1100. The van der Waals surface area contributed by atoms with Crippen LogP contribution in [0, 0.1) is 0 Å². The fourth-order valence-electron chi connectivity index (χ4n) is 3.20. The molecule has 0 saturated carbocycles. The van der Waals surface area contributed by atoms with E-state index in [2.05, 4.69) is 46.4 Å². The second-order valence-electron chi connectivity index (χ2n) is 6.60. The summed E-state index contributed by atoms with van der Waals surface area (Å²) in [6, 6.07) is 20.4. The van der Waals surface area contributed by atoms with Crippen LogP contribution in [0.5, 0.6) is 0 Å². The van der Waals surface area contributed by atoms with Crippen LogP contribution in [0.1, 0.15) is 24.6 Å². The molecule has 0 saturated heterocycles. The van der Waals surface area contributed by atoms with Crippen molar-refractivity contribution < 1.29 is 0 Å². The average molecular weight is 387 g/mol. The first-order valence-corrected chi connectivity index (χ1v) is 10.3. The van der Waals surface area contributed by atoms with Gasteiger partial charge in [0.2, 0.25) is 0 Å². The van der Waals surface area contributed by atoms with E-state index in [4.69, 9.17) is 5.73 Å². The zero-order valence-corrected chi connectivity index (χ0v) is 16.6. The van der Waals surface area contributed by atoms with Crippen molar-refractivity contribution in [3.05, 3.63) is 65.5 Å². The normalized spacial score (nSPS) is 11.5. The van der Waals surface area contributed by atoms with Gasteiger partial charge in [-0.25, -0.2) is 0 Å². The molecule has 0 aliphatic rings. The third-order valence-corrected chi connectivity index (χ3v) is 5.67. The van der Waals surface area contributed by atoms with Gasteiger partial charge in [-0.1, -0.05) is 74.0 Å². The number of hydrogen-bond acceptors (Lipinski definition) is 5. The summed E-state index contributed by atoms with van der Waals surface area (Å²) in [5.74, 6) is 0. The standard InChI is InChI=1S/C23H22N4S/c1-2-3-14-25-15-18-21(24)20-19(16-10-6-4-7-11-16)22(26-27-23(20)28-18)17-12-8-5-9-13-17/h4-13,15H,2-3,14,24H2,1H3. The molecule has 2 aromatic heterocycles. The fourth-order valence-corrected chi connectivity index (χ4v) is 4.14. The van der Waals surface area contributed by atoms with Gasteiger partial charge in [0.1, 0.15) is 10.5 Å². The van der Waals surface area contributed by atoms with Crippen molar-refractivity contribution in [3.8, 4) is 22.4 Å². The van der Waals surface area contributed by atoms with Gasteiger partial charge in [0.15, 0.2) is 0 Å². The largest absolute Gasteiger partial charge is 0.397 e. The molecule has 2 aromatic carbocycles. The Balaban J connectivity index is 1.94. The highest BCUT2D eigenvalue weighted by molar-refractivity contribution is 7.21. The Hall–Kier alpha value is -3.05. The Kier molecular flexibility index (Phi) is 5.44. The van der Waals surface area contributed by atoms with E-state index in [9.17, 15) is 0 Å². The molecule has 0 bridgehead atoms. The molecule has 0 atom stereocenters. The number of rotatable bonds is 6. The van der Waals surface area contributed by atoms with Crippen LogP contribution in [-0.2, 0) is 0 Å². The number of fused-ring (bicyclic) bond motifs is 1. The molecule has 2 N–H and O–H groups in total. The molecule has 4 nitrogen and oxygen atoms in total. The summed E-state index contributed by atoms with van der Waals surface area (Å²) in [4.78, 5) is 6.32. The van der Waals surface area contributed by atoms with E-state index in [0.717, 1.165) is 62.6 Å². The lowest BCUT2D eigenvalue weighted by atomic mass is 9.97. The highest BCUT2D eigenvalue weighted by Crippen LogP contribution is 2.42. The van der Waals surface area contributed by atoms with Gasteiger partial charge in [-0.3, -0.25) is 4.99 Å². The SMILES string of the molecule is CCCCN=Cc1sc2nnc(-c3ccccc3)c(-c3ccccc3)c2c1N. The Morgan fingerprint density at radius 3 is 2.32 bits per heavy atom. The van der Waals surface area contributed by atoms with Crippen molar-refractivity contribution in [2.45, 2.75) is 19.8 Å². The Labute approximate surface area is 168 Å². The van der Waals surface area contributed by atoms with Gasteiger partial charge < -0.3 is 5.73 Å². The number of thiophene rings is 1. The summed E-state index contributed by atoms with van der Waals surface area (Å²) in [7, 11) is 0. The first-order chi connectivity index (χ1) is 13.8. The molecule has 2 heterocycles. The summed E-state index contributed by atoms with van der Waals surface area (Å²) in [5.41, 5.74) is 11.3. The number of nitrogen functional groups attached to an aromatic ring is 1. The monoisotopic (exact) mass is 386 g/mol. The molecule has 5 heteroatoms. The quantitative estimate of drug-likeness (QED) is 0.335. The molecule has 4 aromatic rings. The smallest absolute Gasteiger partial charge is 0.149 e. The number of hydrogen-bond donors (Lipinski definition) is 1. The number of aromatic nitrogens is 2. The number of benzene rings is 2. The molecule has 0 aliphatic carbocycles. The van der Waals surface area contributed by atoms with Gasteiger partial charge in [-0.15, -0.1) is 21.5 Å². The summed E-state index contributed by atoms with van der Waals surface area (Å²) in [6.07, 6.45) is 4.09. The molecule has 28 heavy (non-hydrogen) atoms. The van der Waals surface area contributed by atoms with Crippen LogP contribution in [0.3, 0.4) is 0 Å². The fraction of sp³-hybridized carbons (Fsp3) is 0.174. The predicted octanol–water partition coefficient (Wildman–Crippen LogP) is 5.83. The van der Waals surface area contributed by atoms with Gasteiger partial charge >= 0.3 is 0 Å². The van der Waals surface area contributed by atoms with E-state index in [1.165, 1.54) is 0 Å². The van der Waals surface area contributed by atoms with Gasteiger partial charge in [0.25, 0.3) is 0 Å². The molecule has 0 amide bonds. The van der Waals surface area contributed by atoms with Crippen LogP contribution in [0.25, 0.3) is 32.6 Å². The molecule has 0 radical (unpaired) electrons. The summed E-state index contributed by atoms with van der Waals surface area (Å²) in [5, 5.41) is 10.0. The minimum atomic E-state index is 0.728. The predicted molar refractivity (Wildman–Crippen MR) is 120 cm³/mol. The van der Waals surface area contributed by atoms with Crippen LogP contribution < -0.4 is 5.73 Å². The molecule has 0 fully saturated rings. The number of aliphatic imine (C=N–C) groups is 1. The second kappa shape index (κ2) is 8.31. The number of nitrogens with zero attached hydrogens (tertiary/aromatic N) is 3. The lowest BCUT2D eigenvalue weighted by Crippen LogP contribution is -1.96. The van der Waals surface area contributed by atoms with Crippen molar-refractivity contribution in [1.29, 1.82) is 0 Å². The van der Waals surface area contributed by atoms with E-state index in [0.29, 0.717) is 0 Å². The Morgan fingerprint density at radius 2 is 1.64 bits per heavy atom. The van der Waals surface area contributed by atoms with Gasteiger partial charge in [-0.05, 0) is 12.0 Å². The highest BCUT2D eigenvalue weighted by Gasteiger charge is 2.20. The lowest BCUT2D eigenvalue weighted by molar-refractivity contribution is 0.810. The summed E-state index contributed by atoms with van der Waals surface area (Å²) >= 11 is 1.55. The lowest BCUT2D eigenvalue weighted by Gasteiger charge is -2.10. The maximum absolute atomic E-state index is 6.59. The Morgan fingerprint density at radius 1 is 0.964 bits per heavy atom. The third-order valence-electron chi connectivity index (χ3n) is 4.64. The van der Waals surface area contributed by atoms with Gasteiger partial charge in [0, 0.05) is 29.3 Å². The molecule has 0 unspecified atom stereocenters. The summed E-state index contributed by atoms with van der Waals surface area (Å²) < 4.78 is 0. The molecular formula is C23H22N4S. The molecule has 0 aliphatic heterocycles. The molecule has 4 rings (SSSR count). The van der Waals surface area contributed by atoms with E-state index in [1.807, 2.05) is 42.6 Å². The van der Waals surface area contributed by atoms with Crippen molar-refractivity contribution >= 4 is 33.5 Å². The van der Waals surface area contributed by atoms with Gasteiger partial charge in [0.05, 0.1) is 10.6 Å². The first-order valence-electron chi connectivity index (χ1n) is 9.49. The molecular weight excluding hydrogens is 364 g/mol. The van der Waals surface area contributed by atoms with Crippen LogP contribution in [0.4, 0.5) is 5.69 Å². The van der Waals surface area contributed by atoms with E-state index in [-0.39, 0.29) is 0 Å². The maximum atomic E-state index is 6.59. The van der Waals surface area contributed by atoms with Gasteiger partial charge in [-0.2, -0.15) is 0 Å². The number of nitrogens with two attached hydrogens (primary N) is 1. The molecule has 0 spiro atoms. The third kappa shape index (κ3) is 3.53. The van der Waals surface area contributed by atoms with Crippen molar-refractivity contribution in [3.63, 3.8) is 0 Å². The highest BCUT2D eigenvalue weighted by atomic mass is 32.1. The second-order valence-corrected chi connectivity index (χ2v) is 7.64. The van der Waals surface area contributed by atoms with Crippen LogP contribution in [0.15, 0.2) is 65.7 Å². The maximum Gasteiger partial charge on any atom is 0.149 e. The van der Waals surface area contributed by atoms with Crippen LogP contribution >= 0.6 is 11.3 Å². The van der Waals surface area contributed by atoms with Crippen LogP contribution in [-0.4, -0.2) is 23.0 Å². The minimum absolute atomic E-state index is 0.728. The van der Waals surface area contributed by atoms with Crippen LogP contribution in [0.2, 0.25) is 0 Å². The van der Waals surface area contributed by atoms with Crippen molar-refractivity contribution in [1.82, 2.24) is 10.2 Å². The van der Waals surface area contributed by atoms with Crippen molar-refractivity contribution in [2.75, 3.05) is 12.3 Å². The first kappa shape index (κ1) is 18.3. The zero-order valence-electron chi connectivity index (χ0n) is 15.8. The van der Waals surface area contributed by atoms with E-state index >= 15 is 0 Å². The number of unbranched alkanes of at least 4 members (excludes halogenated alkanes) is 1. The average Bonchev–Trinajstić information content (AvgIpc) is 3.07. The minimum Gasteiger partial charge on any atom is -0.397 e. The summed E-state index contributed by atoms with van der Waals surface area (Å²) in [6.45, 7) is 2.98. The van der Waals surface area contributed by atoms with E-state index < -0.39 is 0 Å². The number of anilines is 1. The van der Waals surface area contributed by atoms with Crippen molar-refractivity contribution in [2.24, 2.45) is 4.99 Å². The molecule has 140 valence electrons. The van der Waals surface area contributed by atoms with E-state index in [1.54, 1.807) is 11.3 Å².